The number of carbonyl (C=O) groups excluding carboxylic acids is 1. The Labute approximate surface area is 166 Å². The zero-order valence-electron chi connectivity index (χ0n) is 17.5. The van der Waals surface area contributed by atoms with Crippen molar-refractivity contribution in [1.82, 2.24) is 14.5 Å². The molecule has 0 spiro atoms. The molecule has 1 aromatic carbocycles. The number of nitrogens with zero attached hydrogens (tertiary/aromatic N) is 2. The van der Waals surface area contributed by atoms with E-state index in [1.165, 1.54) is 4.57 Å². The van der Waals surface area contributed by atoms with Gasteiger partial charge in [0.05, 0.1) is 10.9 Å². The average molecular weight is 388 g/mol. The van der Waals surface area contributed by atoms with Crippen LogP contribution in [0.15, 0.2) is 33.9 Å². The van der Waals surface area contributed by atoms with Crippen molar-refractivity contribution in [3.63, 3.8) is 0 Å². The number of nitrogens with one attached hydrogen (secondary N) is 1. The maximum Gasteiger partial charge on any atom is 0.331 e. The van der Waals surface area contributed by atoms with Crippen LogP contribution in [0.25, 0.3) is 10.9 Å². The van der Waals surface area contributed by atoms with Gasteiger partial charge in [-0.05, 0) is 57.6 Å². The minimum Gasteiger partial charge on any atom is -0.356 e. The van der Waals surface area contributed by atoms with Crippen molar-refractivity contribution in [3.8, 4) is 0 Å². The minimum absolute atomic E-state index is 0.0619. The standard InChI is InChI=1S/C20H27N3O3.C2H6/c1-3-21-18(24)15-11-9-14(10-12-15)13-23-19(25)16-7-5-6-8-17(16)22(4-2)20(23)26;1-2/h5-8,14-15H,3-4,9-13H2,1-2H3,(H,21,24);1-2H3. The van der Waals surface area contributed by atoms with Crippen LogP contribution in [-0.2, 0) is 17.9 Å². The van der Waals surface area contributed by atoms with E-state index in [0.29, 0.717) is 30.5 Å². The van der Waals surface area contributed by atoms with Crippen LogP contribution in [0.3, 0.4) is 0 Å². The number of hydrogen-bond donors (Lipinski definition) is 1. The summed E-state index contributed by atoms with van der Waals surface area (Å²) in [5.41, 5.74) is 0.254. The molecule has 1 heterocycles. The Balaban J connectivity index is 0.00000136. The highest BCUT2D eigenvalue weighted by Crippen LogP contribution is 2.29. The van der Waals surface area contributed by atoms with Crippen molar-refractivity contribution < 1.29 is 4.79 Å². The van der Waals surface area contributed by atoms with E-state index in [1.807, 2.05) is 45.9 Å². The summed E-state index contributed by atoms with van der Waals surface area (Å²) < 4.78 is 3.06. The molecule has 3 rings (SSSR count). The second kappa shape index (κ2) is 10.2. The highest BCUT2D eigenvalue weighted by molar-refractivity contribution is 5.78. The molecular formula is C22H33N3O3. The van der Waals surface area contributed by atoms with Crippen LogP contribution in [-0.4, -0.2) is 21.6 Å². The number of para-hydroxylation sites is 1. The molecule has 2 aromatic rings. The highest BCUT2D eigenvalue weighted by Gasteiger charge is 2.27. The molecule has 6 nitrogen and oxygen atoms in total. The molecule has 1 N–H and O–H groups in total. The molecular weight excluding hydrogens is 354 g/mol. The van der Waals surface area contributed by atoms with Crippen LogP contribution < -0.4 is 16.6 Å². The van der Waals surface area contributed by atoms with Crippen molar-refractivity contribution in [1.29, 1.82) is 0 Å². The third-order valence-corrected chi connectivity index (χ3v) is 5.46. The van der Waals surface area contributed by atoms with Crippen molar-refractivity contribution in [2.24, 2.45) is 11.8 Å². The van der Waals surface area contributed by atoms with Gasteiger partial charge >= 0.3 is 5.69 Å². The number of carbonyl (C=O) groups is 1. The highest BCUT2D eigenvalue weighted by atomic mass is 16.2. The molecule has 0 saturated heterocycles. The summed E-state index contributed by atoms with van der Waals surface area (Å²) in [5, 5.41) is 3.47. The van der Waals surface area contributed by atoms with Gasteiger partial charge in [-0.15, -0.1) is 0 Å². The number of aromatic nitrogens is 2. The van der Waals surface area contributed by atoms with Crippen LogP contribution in [0.1, 0.15) is 53.4 Å². The Kier molecular flexibility index (Phi) is 8.03. The lowest BCUT2D eigenvalue weighted by molar-refractivity contribution is -0.126. The predicted octanol–water partition coefficient (Wildman–Crippen LogP) is 3.15. The largest absolute Gasteiger partial charge is 0.356 e. The molecule has 0 unspecified atom stereocenters. The lowest BCUT2D eigenvalue weighted by Gasteiger charge is -2.28. The van der Waals surface area contributed by atoms with Crippen LogP contribution in [0.2, 0.25) is 0 Å². The molecule has 28 heavy (non-hydrogen) atoms. The first-order valence-corrected chi connectivity index (χ1v) is 10.6. The fourth-order valence-corrected chi connectivity index (χ4v) is 4.02. The third-order valence-electron chi connectivity index (χ3n) is 5.46. The van der Waals surface area contributed by atoms with Crippen molar-refractivity contribution >= 4 is 16.8 Å². The molecule has 1 aliphatic carbocycles. The summed E-state index contributed by atoms with van der Waals surface area (Å²) in [4.78, 5) is 37.6. The molecule has 0 bridgehead atoms. The van der Waals surface area contributed by atoms with Crippen LogP contribution >= 0.6 is 0 Å². The van der Waals surface area contributed by atoms with E-state index in [4.69, 9.17) is 0 Å². The Morgan fingerprint density at radius 1 is 1.04 bits per heavy atom. The van der Waals surface area contributed by atoms with Crippen LogP contribution in [0.5, 0.6) is 0 Å². The van der Waals surface area contributed by atoms with Gasteiger partial charge in [-0.3, -0.25) is 18.7 Å². The molecule has 0 aliphatic heterocycles. The monoisotopic (exact) mass is 387 g/mol. The molecule has 1 amide bonds. The van der Waals surface area contributed by atoms with Gasteiger partial charge in [0, 0.05) is 25.6 Å². The van der Waals surface area contributed by atoms with Gasteiger partial charge in [-0.25, -0.2) is 4.79 Å². The quantitative estimate of drug-likeness (QED) is 0.856. The van der Waals surface area contributed by atoms with E-state index >= 15 is 0 Å². The Morgan fingerprint density at radius 3 is 2.29 bits per heavy atom. The van der Waals surface area contributed by atoms with Crippen molar-refractivity contribution in [3.05, 3.63) is 45.1 Å². The zero-order chi connectivity index (χ0) is 20.7. The summed E-state index contributed by atoms with van der Waals surface area (Å²) in [6, 6.07) is 7.28. The number of aryl methyl sites for hydroxylation is 1. The van der Waals surface area contributed by atoms with Gasteiger partial charge in [-0.2, -0.15) is 0 Å². The Hall–Kier alpha value is -2.37. The van der Waals surface area contributed by atoms with E-state index in [2.05, 4.69) is 5.32 Å². The summed E-state index contributed by atoms with van der Waals surface area (Å²) in [5.74, 6) is 0.450. The van der Waals surface area contributed by atoms with Gasteiger partial charge in [0.2, 0.25) is 5.91 Å². The second-order valence-electron chi connectivity index (χ2n) is 7.07. The number of fused-ring (bicyclic) bond motifs is 1. The number of hydrogen-bond acceptors (Lipinski definition) is 3. The van der Waals surface area contributed by atoms with Gasteiger partial charge in [-0.1, -0.05) is 26.0 Å². The summed E-state index contributed by atoms with van der Waals surface area (Å²) >= 11 is 0. The van der Waals surface area contributed by atoms with E-state index in [1.54, 1.807) is 10.6 Å². The summed E-state index contributed by atoms with van der Waals surface area (Å²) in [6.07, 6.45) is 3.38. The Morgan fingerprint density at radius 2 is 1.68 bits per heavy atom. The molecule has 0 atom stereocenters. The van der Waals surface area contributed by atoms with E-state index < -0.39 is 0 Å². The normalized spacial score (nSPS) is 19.0. The maximum absolute atomic E-state index is 12.8. The van der Waals surface area contributed by atoms with E-state index in [0.717, 1.165) is 25.7 Å². The van der Waals surface area contributed by atoms with E-state index in [9.17, 15) is 14.4 Å². The lowest BCUT2D eigenvalue weighted by atomic mass is 9.81. The van der Waals surface area contributed by atoms with Crippen molar-refractivity contribution in [2.45, 2.75) is 66.5 Å². The first kappa shape index (κ1) is 21.9. The van der Waals surface area contributed by atoms with Gasteiger partial charge < -0.3 is 5.32 Å². The molecule has 0 radical (unpaired) electrons. The molecule has 1 aromatic heterocycles. The lowest BCUT2D eigenvalue weighted by Crippen LogP contribution is -2.42. The molecule has 1 aliphatic rings. The van der Waals surface area contributed by atoms with Gasteiger partial charge in [0.1, 0.15) is 0 Å². The number of amides is 1. The summed E-state index contributed by atoms with van der Waals surface area (Å²) in [6.45, 7) is 9.46. The maximum atomic E-state index is 12.8. The van der Waals surface area contributed by atoms with Gasteiger partial charge in [0.15, 0.2) is 0 Å². The van der Waals surface area contributed by atoms with E-state index in [-0.39, 0.29) is 29.0 Å². The van der Waals surface area contributed by atoms with Crippen LogP contribution in [0.4, 0.5) is 0 Å². The molecule has 6 heteroatoms. The SMILES string of the molecule is CC.CCNC(=O)C1CCC(Cn2c(=O)c3ccccc3n(CC)c2=O)CC1. The summed E-state index contributed by atoms with van der Waals surface area (Å²) in [7, 11) is 0. The zero-order valence-corrected chi connectivity index (χ0v) is 17.5. The number of rotatable bonds is 5. The predicted molar refractivity (Wildman–Crippen MR) is 114 cm³/mol. The molecule has 1 fully saturated rings. The second-order valence-corrected chi connectivity index (χ2v) is 7.07. The first-order valence-electron chi connectivity index (χ1n) is 10.6. The smallest absolute Gasteiger partial charge is 0.331 e. The van der Waals surface area contributed by atoms with Crippen LogP contribution in [0, 0.1) is 11.8 Å². The minimum atomic E-state index is -0.234. The fourth-order valence-electron chi connectivity index (χ4n) is 4.02. The Bertz CT molecular complexity index is 905. The topological polar surface area (TPSA) is 73.1 Å². The molecule has 1 saturated carbocycles. The van der Waals surface area contributed by atoms with Crippen molar-refractivity contribution in [2.75, 3.05) is 6.54 Å². The number of benzene rings is 1. The fraction of sp³-hybridized carbons (Fsp3) is 0.591. The van der Waals surface area contributed by atoms with Gasteiger partial charge in [0.25, 0.3) is 5.56 Å². The average Bonchev–Trinajstić information content (AvgIpc) is 2.73. The molecule has 154 valence electrons. The third kappa shape index (κ3) is 4.54. The first-order chi connectivity index (χ1) is 13.6.